The van der Waals surface area contributed by atoms with Crippen molar-refractivity contribution >= 4 is 28.2 Å². The van der Waals surface area contributed by atoms with Gasteiger partial charge in [-0.15, -0.1) is 0 Å². The average Bonchev–Trinajstić information content (AvgIpc) is 3.73. The van der Waals surface area contributed by atoms with E-state index in [1.807, 2.05) is 68.8 Å². The molecule has 1 N–H and O–H groups in total. The number of hydrogen-bond donors (Lipinski definition) is 1. The van der Waals surface area contributed by atoms with Crippen LogP contribution in [-0.2, 0) is 4.74 Å². The van der Waals surface area contributed by atoms with Gasteiger partial charge in [-0.05, 0) is 74.7 Å². The largest absolute Gasteiger partial charge is 0.493 e. The number of piperazine rings is 1. The average molecular weight is 826 g/mol. The number of hydrogen-bond acceptors (Lipinski definition) is 13. The fourth-order valence-corrected chi connectivity index (χ4v) is 8.54. The lowest BCUT2D eigenvalue weighted by Crippen LogP contribution is -2.49. The molecule has 10 rings (SSSR count). The summed E-state index contributed by atoms with van der Waals surface area (Å²) < 4.78 is 21.3. The van der Waals surface area contributed by atoms with Gasteiger partial charge in [0.05, 0.1) is 73.8 Å². The minimum absolute atomic E-state index is 0.0945. The van der Waals surface area contributed by atoms with E-state index >= 15 is 0 Å². The number of ether oxygens (including phenoxy) is 3. The molecule has 9 heterocycles. The van der Waals surface area contributed by atoms with E-state index in [1.54, 1.807) is 39.8 Å². The van der Waals surface area contributed by atoms with Gasteiger partial charge in [-0.25, -0.2) is 14.5 Å². The third kappa shape index (κ3) is 8.38. The van der Waals surface area contributed by atoms with Crippen molar-refractivity contribution in [3.05, 3.63) is 111 Å². The number of pyridine rings is 2. The molecule has 3 saturated heterocycles. The van der Waals surface area contributed by atoms with Crippen molar-refractivity contribution in [1.82, 2.24) is 43.6 Å². The highest BCUT2D eigenvalue weighted by Gasteiger charge is 2.26. The summed E-state index contributed by atoms with van der Waals surface area (Å²) in [5, 5.41) is 7.87. The molecule has 61 heavy (non-hydrogen) atoms. The molecule has 0 atom stereocenters. The van der Waals surface area contributed by atoms with Crippen LogP contribution in [0, 0.1) is 13.8 Å². The number of benzene rings is 1. The van der Waals surface area contributed by atoms with Crippen LogP contribution in [0.15, 0.2) is 89.0 Å². The number of methoxy groups -OCH3 is 2. The van der Waals surface area contributed by atoms with Crippen molar-refractivity contribution in [3.8, 4) is 34.1 Å². The summed E-state index contributed by atoms with van der Waals surface area (Å²) in [5.74, 6) is 1.25. The highest BCUT2D eigenvalue weighted by atomic mass is 16.5. The molecule has 0 radical (unpaired) electrons. The molecule has 0 spiro atoms. The Balaban J connectivity index is 0.000000160. The van der Waals surface area contributed by atoms with Gasteiger partial charge in [0.25, 0.3) is 11.1 Å². The smallest absolute Gasteiger partial charge is 0.258 e. The number of fused-ring (bicyclic) bond motifs is 3. The molecule has 6 aromatic heterocycles. The number of aromatic nitrogens is 7. The fraction of sp³-hybridized carbons (Fsp3) is 0.378. The van der Waals surface area contributed by atoms with Crippen LogP contribution < -0.4 is 35.7 Å². The summed E-state index contributed by atoms with van der Waals surface area (Å²) in [6.07, 6.45) is 9.68. The minimum atomic E-state index is -0.113. The van der Waals surface area contributed by atoms with E-state index in [9.17, 15) is 9.59 Å². The van der Waals surface area contributed by atoms with Gasteiger partial charge in [-0.3, -0.25) is 28.3 Å². The van der Waals surface area contributed by atoms with Crippen LogP contribution in [-0.4, -0.2) is 124 Å². The zero-order valence-corrected chi connectivity index (χ0v) is 35.1. The lowest BCUT2D eigenvalue weighted by atomic mass is 10.0. The molecular formula is C45H51N11O5. The van der Waals surface area contributed by atoms with Gasteiger partial charge in [-0.1, -0.05) is 0 Å². The summed E-state index contributed by atoms with van der Waals surface area (Å²) >= 11 is 0. The second-order valence-electron chi connectivity index (χ2n) is 15.8. The molecule has 3 fully saturated rings. The molecule has 316 valence electrons. The number of nitrogens with one attached hydrogen (secondary N) is 1. The van der Waals surface area contributed by atoms with Crippen molar-refractivity contribution < 1.29 is 14.2 Å². The standard InChI is InChI=1S/C26H32N4O4.C19H19N7O/c1-18-14-21(28-8-6-20(7-9-28)29-10-12-34-13-11-29)17-30-25(31)16-22(27-26(18)30)19-4-5-23(32-2)24(15-19)33-3;1-13-11-26-15(10-21-13)8-17(23-26)16-9-19(27)25-12-14(2-3-18(25)22-16)24-6-4-20-5-7-24/h4-5,14-17,20H,6-13H2,1-3H3;2-3,8-12,20H,4-7H2,1H3. The van der Waals surface area contributed by atoms with Gasteiger partial charge in [0.15, 0.2) is 11.5 Å². The fourth-order valence-electron chi connectivity index (χ4n) is 8.54. The van der Waals surface area contributed by atoms with Gasteiger partial charge in [0.1, 0.15) is 17.0 Å². The van der Waals surface area contributed by atoms with Crippen LogP contribution in [0.3, 0.4) is 0 Å². The van der Waals surface area contributed by atoms with Gasteiger partial charge < -0.3 is 29.3 Å². The third-order valence-electron chi connectivity index (χ3n) is 11.9. The predicted octanol–water partition coefficient (Wildman–Crippen LogP) is 4.11. The molecule has 0 amide bonds. The molecule has 0 unspecified atom stereocenters. The second-order valence-corrected chi connectivity index (χ2v) is 15.8. The van der Waals surface area contributed by atoms with Crippen molar-refractivity contribution in [1.29, 1.82) is 0 Å². The van der Waals surface area contributed by atoms with E-state index in [-0.39, 0.29) is 11.1 Å². The van der Waals surface area contributed by atoms with E-state index in [2.05, 4.69) is 41.1 Å². The molecule has 0 aliphatic carbocycles. The maximum Gasteiger partial charge on any atom is 0.258 e. The Labute approximate surface area is 353 Å². The first kappa shape index (κ1) is 40.1. The van der Waals surface area contributed by atoms with Crippen LogP contribution in [0.25, 0.3) is 39.5 Å². The van der Waals surface area contributed by atoms with Crippen LogP contribution in [0.2, 0.25) is 0 Å². The molecular weight excluding hydrogens is 775 g/mol. The number of aryl methyl sites for hydroxylation is 2. The summed E-state index contributed by atoms with van der Waals surface area (Å²) in [4.78, 5) is 46.8. The molecule has 0 bridgehead atoms. The minimum Gasteiger partial charge on any atom is -0.493 e. The summed E-state index contributed by atoms with van der Waals surface area (Å²) in [6.45, 7) is 13.4. The monoisotopic (exact) mass is 825 g/mol. The van der Waals surface area contributed by atoms with E-state index in [0.717, 1.165) is 112 Å². The Morgan fingerprint density at radius 3 is 2.20 bits per heavy atom. The van der Waals surface area contributed by atoms with Crippen LogP contribution in [0.4, 0.5) is 11.4 Å². The Morgan fingerprint density at radius 1 is 0.705 bits per heavy atom. The van der Waals surface area contributed by atoms with Crippen LogP contribution in [0.5, 0.6) is 11.5 Å². The molecule has 7 aromatic rings. The molecule has 16 heteroatoms. The van der Waals surface area contributed by atoms with E-state index < -0.39 is 0 Å². The number of rotatable bonds is 7. The molecule has 1 aromatic carbocycles. The molecule has 3 aliphatic heterocycles. The van der Waals surface area contributed by atoms with Crippen molar-refractivity contribution in [3.63, 3.8) is 0 Å². The van der Waals surface area contributed by atoms with Crippen molar-refractivity contribution in [2.45, 2.75) is 32.7 Å². The van der Waals surface area contributed by atoms with Crippen molar-refractivity contribution in [2.75, 3.05) is 89.6 Å². The van der Waals surface area contributed by atoms with E-state index in [0.29, 0.717) is 45.9 Å². The molecule has 0 saturated carbocycles. The number of nitrogens with zero attached hydrogens (tertiary/aromatic N) is 10. The van der Waals surface area contributed by atoms with Crippen molar-refractivity contribution in [2.24, 2.45) is 0 Å². The number of anilines is 2. The van der Waals surface area contributed by atoms with E-state index in [1.165, 1.54) is 6.07 Å². The SMILES string of the molecule is COc1ccc(-c2cc(=O)n3cc(N4CCC(N5CCOCC5)CC4)cc(C)c3n2)cc1OC.Cc1cn2nc(-c3cc(=O)n4cc(N5CCNCC5)ccc4n3)cc2cn1. The third-order valence-corrected chi connectivity index (χ3v) is 11.9. The lowest BCUT2D eigenvalue weighted by molar-refractivity contribution is 0.0115. The van der Waals surface area contributed by atoms with Gasteiger partial charge in [0.2, 0.25) is 0 Å². The summed E-state index contributed by atoms with van der Waals surface area (Å²) in [6, 6.07) is 17.3. The van der Waals surface area contributed by atoms with Crippen LogP contribution in [0.1, 0.15) is 24.1 Å². The van der Waals surface area contributed by atoms with Crippen LogP contribution >= 0.6 is 0 Å². The summed E-state index contributed by atoms with van der Waals surface area (Å²) in [5.41, 5.74) is 8.57. The Bertz CT molecular complexity index is 2820. The van der Waals surface area contributed by atoms with E-state index in [4.69, 9.17) is 19.2 Å². The van der Waals surface area contributed by atoms with Gasteiger partial charge >= 0.3 is 0 Å². The first-order valence-corrected chi connectivity index (χ1v) is 20.9. The second kappa shape index (κ2) is 17.3. The topological polar surface area (TPSA) is 148 Å². The zero-order chi connectivity index (χ0) is 42.0. The zero-order valence-electron chi connectivity index (χ0n) is 35.1. The Morgan fingerprint density at radius 2 is 1.43 bits per heavy atom. The summed E-state index contributed by atoms with van der Waals surface area (Å²) in [7, 11) is 3.20. The first-order chi connectivity index (χ1) is 29.7. The number of morpholine rings is 1. The molecule has 3 aliphatic rings. The Kier molecular flexibility index (Phi) is 11.4. The molecule has 16 nitrogen and oxygen atoms in total. The maximum atomic E-state index is 13.1. The Hall–Kier alpha value is -6.36. The predicted molar refractivity (Wildman–Crippen MR) is 236 cm³/mol. The quantitative estimate of drug-likeness (QED) is 0.246. The first-order valence-electron chi connectivity index (χ1n) is 20.9. The maximum absolute atomic E-state index is 13.1. The van der Waals surface area contributed by atoms with Gasteiger partial charge in [0, 0.05) is 88.5 Å². The highest BCUT2D eigenvalue weighted by molar-refractivity contribution is 5.68. The number of piperidine rings is 1. The highest BCUT2D eigenvalue weighted by Crippen LogP contribution is 2.32. The van der Waals surface area contributed by atoms with Gasteiger partial charge in [-0.2, -0.15) is 5.10 Å². The normalized spacial score (nSPS) is 16.5. The lowest BCUT2D eigenvalue weighted by Gasteiger charge is -2.40.